The molecule has 0 atom stereocenters. The molecule has 0 amide bonds. The Morgan fingerprint density at radius 2 is 2.00 bits per heavy atom. The monoisotopic (exact) mass is 331 g/mol. The maximum Gasteiger partial charge on any atom is 0.201 e. The molecule has 25 heavy (non-hydrogen) atoms. The van der Waals surface area contributed by atoms with Crippen molar-refractivity contribution in [3.63, 3.8) is 0 Å². The highest BCUT2D eigenvalue weighted by Crippen LogP contribution is 2.44. The second kappa shape index (κ2) is 5.31. The molecule has 4 rings (SSSR count). The zero-order valence-electron chi connectivity index (χ0n) is 14.9. The van der Waals surface area contributed by atoms with E-state index < -0.39 is 0 Å². The van der Waals surface area contributed by atoms with E-state index in [-0.39, 0.29) is 11.4 Å². The summed E-state index contributed by atoms with van der Waals surface area (Å²) in [5.41, 5.74) is 5.07. The molecule has 3 heterocycles. The molecule has 1 aliphatic rings. The van der Waals surface area contributed by atoms with E-state index in [0.29, 0.717) is 5.82 Å². The number of rotatable bonds is 2. The first-order chi connectivity index (χ1) is 11.9. The Morgan fingerprint density at radius 3 is 2.72 bits per heavy atom. The number of aryl methyl sites for hydroxylation is 1. The lowest BCUT2D eigenvalue weighted by atomic mass is 9.91. The fourth-order valence-electron chi connectivity index (χ4n) is 3.79. The minimum Gasteiger partial charge on any atom is -0.494 e. The van der Waals surface area contributed by atoms with Crippen LogP contribution in [0.5, 0.6) is 5.88 Å². The van der Waals surface area contributed by atoms with Gasteiger partial charge < -0.3 is 9.67 Å². The number of aliphatic imine (C=N–C) groups is 1. The summed E-state index contributed by atoms with van der Waals surface area (Å²) in [4.78, 5) is 8.68. The zero-order valence-corrected chi connectivity index (χ0v) is 14.9. The second-order valence-electron chi connectivity index (χ2n) is 7.21. The second-order valence-corrected chi connectivity index (χ2v) is 7.21. The van der Waals surface area contributed by atoms with Crippen molar-refractivity contribution in [3.05, 3.63) is 59.3 Å². The third kappa shape index (κ3) is 2.37. The summed E-state index contributed by atoms with van der Waals surface area (Å²) in [5, 5.41) is 12.0. The van der Waals surface area contributed by atoms with E-state index in [2.05, 4.69) is 55.9 Å². The van der Waals surface area contributed by atoms with Crippen LogP contribution in [0.15, 0.2) is 47.6 Å². The molecule has 0 aliphatic carbocycles. The number of benzene rings is 1. The molecule has 0 spiro atoms. The average molecular weight is 331 g/mol. The first-order valence-electron chi connectivity index (χ1n) is 8.42. The average Bonchev–Trinajstić information content (AvgIpc) is 2.84. The summed E-state index contributed by atoms with van der Waals surface area (Å²) in [6.07, 6.45) is 5.63. The van der Waals surface area contributed by atoms with E-state index in [1.54, 1.807) is 12.4 Å². The van der Waals surface area contributed by atoms with Gasteiger partial charge >= 0.3 is 0 Å². The third-order valence-electron chi connectivity index (χ3n) is 4.77. The van der Waals surface area contributed by atoms with E-state index in [0.717, 1.165) is 16.5 Å². The minimum absolute atomic E-state index is 0.246. The van der Waals surface area contributed by atoms with Crippen LogP contribution >= 0.6 is 0 Å². The van der Waals surface area contributed by atoms with Gasteiger partial charge in [-0.25, -0.2) is 9.98 Å². The van der Waals surface area contributed by atoms with E-state index in [9.17, 15) is 5.11 Å². The number of allylic oxidation sites excluding steroid dienone is 2. The van der Waals surface area contributed by atoms with Gasteiger partial charge in [0.1, 0.15) is 0 Å². The number of hydrogen-bond acceptors (Lipinski definition) is 3. The minimum atomic E-state index is -0.300. The molecule has 0 unspecified atom stereocenters. The van der Waals surface area contributed by atoms with Gasteiger partial charge in [0.25, 0.3) is 0 Å². The molecule has 4 heteroatoms. The maximum absolute atomic E-state index is 11.0. The standard InChI is InChI=1S/C21H21N3O/c1-13-9-15-14(2)11-21(3,4)24-19(15)16(10-13)17(20(24)25)12-23-18-7-5-6-8-22-18/h5-12,25H,1-4H3/b23-12+. The van der Waals surface area contributed by atoms with E-state index >= 15 is 0 Å². The summed E-state index contributed by atoms with van der Waals surface area (Å²) in [6.45, 7) is 8.43. The first-order valence-corrected chi connectivity index (χ1v) is 8.42. The molecule has 1 aromatic carbocycles. The zero-order chi connectivity index (χ0) is 17.8. The van der Waals surface area contributed by atoms with Crippen molar-refractivity contribution in [3.8, 4) is 5.88 Å². The van der Waals surface area contributed by atoms with Gasteiger partial charge in [-0.15, -0.1) is 0 Å². The number of pyridine rings is 1. The Balaban J connectivity index is 2.01. The smallest absolute Gasteiger partial charge is 0.201 e. The highest BCUT2D eigenvalue weighted by molar-refractivity contribution is 6.07. The molecular weight excluding hydrogens is 310 g/mol. The highest BCUT2D eigenvalue weighted by atomic mass is 16.3. The molecule has 126 valence electrons. The van der Waals surface area contributed by atoms with Crippen LogP contribution in [0, 0.1) is 6.92 Å². The molecular formula is C21H21N3O. The van der Waals surface area contributed by atoms with Gasteiger partial charge in [-0.2, -0.15) is 0 Å². The molecule has 0 saturated carbocycles. The van der Waals surface area contributed by atoms with Crippen LogP contribution in [0.25, 0.3) is 16.5 Å². The van der Waals surface area contributed by atoms with Gasteiger partial charge in [0.15, 0.2) is 5.82 Å². The first kappa shape index (κ1) is 15.6. The van der Waals surface area contributed by atoms with Crippen LogP contribution < -0.4 is 0 Å². The predicted molar refractivity (Wildman–Crippen MR) is 103 cm³/mol. The van der Waals surface area contributed by atoms with Crippen molar-refractivity contribution in [2.75, 3.05) is 0 Å². The van der Waals surface area contributed by atoms with Gasteiger partial charge in [0, 0.05) is 23.4 Å². The van der Waals surface area contributed by atoms with Gasteiger partial charge in [-0.1, -0.05) is 12.1 Å². The van der Waals surface area contributed by atoms with Crippen molar-refractivity contribution in [2.24, 2.45) is 4.99 Å². The third-order valence-corrected chi connectivity index (χ3v) is 4.77. The van der Waals surface area contributed by atoms with Crippen LogP contribution in [0.4, 0.5) is 5.82 Å². The summed E-state index contributed by atoms with van der Waals surface area (Å²) in [7, 11) is 0. The van der Waals surface area contributed by atoms with E-state index in [1.807, 2.05) is 22.8 Å². The molecule has 0 radical (unpaired) electrons. The molecule has 4 nitrogen and oxygen atoms in total. The van der Waals surface area contributed by atoms with Crippen molar-refractivity contribution < 1.29 is 5.11 Å². The van der Waals surface area contributed by atoms with Crippen molar-refractivity contribution >= 4 is 28.5 Å². The van der Waals surface area contributed by atoms with Crippen molar-refractivity contribution in [1.82, 2.24) is 9.55 Å². The lowest BCUT2D eigenvalue weighted by Crippen LogP contribution is -2.26. The number of aromatic hydroxyl groups is 1. The molecule has 0 saturated heterocycles. The fourth-order valence-corrected chi connectivity index (χ4v) is 3.79. The Kier molecular flexibility index (Phi) is 3.32. The largest absolute Gasteiger partial charge is 0.494 e. The van der Waals surface area contributed by atoms with Gasteiger partial charge in [-0.05, 0) is 63.1 Å². The number of aromatic nitrogens is 2. The lowest BCUT2D eigenvalue weighted by Gasteiger charge is -2.31. The molecule has 1 N–H and O–H groups in total. The van der Waals surface area contributed by atoms with Crippen LogP contribution in [0.2, 0.25) is 0 Å². The molecule has 3 aromatic rings. The van der Waals surface area contributed by atoms with Gasteiger partial charge in [0.2, 0.25) is 5.88 Å². The molecule has 0 bridgehead atoms. The van der Waals surface area contributed by atoms with E-state index in [4.69, 9.17) is 0 Å². The van der Waals surface area contributed by atoms with Crippen molar-refractivity contribution in [2.45, 2.75) is 33.2 Å². The Bertz CT molecular complexity index is 1040. The fraction of sp³-hybridized carbons (Fsp3) is 0.238. The van der Waals surface area contributed by atoms with Gasteiger partial charge in [-0.3, -0.25) is 0 Å². The molecule has 1 aliphatic heterocycles. The number of nitrogens with zero attached hydrogens (tertiary/aromatic N) is 3. The van der Waals surface area contributed by atoms with Crippen LogP contribution in [0.1, 0.15) is 37.5 Å². The molecule has 2 aromatic heterocycles. The quantitative estimate of drug-likeness (QED) is 0.675. The predicted octanol–water partition coefficient (Wildman–Crippen LogP) is 4.95. The Morgan fingerprint density at radius 1 is 1.20 bits per heavy atom. The Hall–Kier alpha value is -2.88. The van der Waals surface area contributed by atoms with Gasteiger partial charge in [0.05, 0.1) is 16.6 Å². The van der Waals surface area contributed by atoms with Crippen molar-refractivity contribution in [1.29, 1.82) is 0 Å². The van der Waals surface area contributed by atoms with Crippen LogP contribution in [-0.4, -0.2) is 20.9 Å². The SMILES string of the molecule is CC1=CC(C)(C)n2c(O)c(/C=N/c3ccccn3)c3cc(C)cc1c32. The normalized spacial score (nSPS) is 15.8. The summed E-state index contributed by atoms with van der Waals surface area (Å²) < 4.78 is 2.00. The van der Waals surface area contributed by atoms with E-state index in [1.165, 1.54) is 16.7 Å². The van der Waals surface area contributed by atoms with Crippen LogP contribution in [0.3, 0.4) is 0 Å². The summed E-state index contributed by atoms with van der Waals surface area (Å²) in [5.74, 6) is 0.870. The lowest BCUT2D eigenvalue weighted by molar-refractivity contribution is 0.361. The molecule has 0 fully saturated rings. The Labute approximate surface area is 147 Å². The number of hydrogen-bond donors (Lipinski definition) is 1. The summed E-state index contributed by atoms with van der Waals surface area (Å²) >= 11 is 0. The topological polar surface area (TPSA) is 50.4 Å². The van der Waals surface area contributed by atoms with Crippen LogP contribution in [-0.2, 0) is 5.54 Å². The summed E-state index contributed by atoms with van der Waals surface area (Å²) in [6, 6.07) is 9.90. The highest BCUT2D eigenvalue weighted by Gasteiger charge is 2.31. The maximum atomic E-state index is 11.0.